The molecular formula is C12H23N3O. The molecule has 1 amide bonds. The number of piperazine rings is 1. The molecule has 2 N–H and O–H groups in total. The van der Waals surface area contributed by atoms with E-state index in [4.69, 9.17) is 0 Å². The average Bonchev–Trinajstić information content (AvgIpc) is 2.79. The molecule has 0 spiro atoms. The van der Waals surface area contributed by atoms with Gasteiger partial charge in [0.25, 0.3) is 0 Å². The molecule has 0 bridgehead atoms. The van der Waals surface area contributed by atoms with Crippen LogP contribution in [-0.2, 0) is 4.79 Å². The maximum Gasteiger partial charge on any atom is 0.238 e. The van der Waals surface area contributed by atoms with Crippen LogP contribution < -0.4 is 10.6 Å². The molecular weight excluding hydrogens is 202 g/mol. The van der Waals surface area contributed by atoms with Crippen LogP contribution in [0.15, 0.2) is 0 Å². The summed E-state index contributed by atoms with van der Waals surface area (Å²) in [6, 6.07) is 0.0233. The van der Waals surface area contributed by atoms with Crippen molar-refractivity contribution in [1.29, 1.82) is 0 Å². The predicted octanol–water partition coefficient (Wildman–Crippen LogP) is 0.196. The molecule has 1 aliphatic heterocycles. The lowest BCUT2D eigenvalue weighted by molar-refractivity contribution is -0.126. The minimum atomic E-state index is 0.0233. The molecule has 1 aliphatic carbocycles. The first-order chi connectivity index (χ1) is 7.77. The van der Waals surface area contributed by atoms with Crippen LogP contribution in [0, 0.1) is 5.92 Å². The second-order valence-electron chi connectivity index (χ2n) is 5.10. The normalized spacial score (nSPS) is 28.2. The number of carbonyl (C=O) groups is 1. The lowest BCUT2D eigenvalue weighted by atomic mass is 10.1. The number of likely N-dealkylation sites (N-methyl/N-ethyl adjacent to an activating group) is 1. The summed E-state index contributed by atoms with van der Waals surface area (Å²) in [7, 11) is 2.03. The summed E-state index contributed by atoms with van der Waals surface area (Å²) in [6.07, 6.45) is 5.26. The van der Waals surface area contributed by atoms with Gasteiger partial charge in [-0.15, -0.1) is 0 Å². The van der Waals surface area contributed by atoms with Crippen molar-refractivity contribution in [3.63, 3.8) is 0 Å². The van der Waals surface area contributed by atoms with Crippen molar-refractivity contribution in [1.82, 2.24) is 15.5 Å². The van der Waals surface area contributed by atoms with E-state index in [0.717, 1.165) is 32.1 Å². The zero-order valence-corrected chi connectivity index (χ0v) is 10.2. The van der Waals surface area contributed by atoms with Crippen LogP contribution in [0.3, 0.4) is 0 Å². The molecule has 1 unspecified atom stereocenters. The fourth-order valence-electron chi connectivity index (χ4n) is 2.68. The van der Waals surface area contributed by atoms with E-state index in [1.807, 2.05) is 7.05 Å². The van der Waals surface area contributed by atoms with Crippen LogP contribution in [0.4, 0.5) is 0 Å². The zero-order valence-electron chi connectivity index (χ0n) is 10.2. The summed E-state index contributed by atoms with van der Waals surface area (Å²) in [5.74, 6) is 0.924. The second kappa shape index (κ2) is 5.64. The molecule has 1 heterocycles. The molecule has 1 saturated carbocycles. The van der Waals surface area contributed by atoms with Crippen molar-refractivity contribution in [2.75, 3.05) is 33.2 Å². The molecule has 0 radical (unpaired) electrons. The van der Waals surface area contributed by atoms with Gasteiger partial charge in [-0.25, -0.2) is 0 Å². The zero-order chi connectivity index (χ0) is 11.4. The molecule has 0 aromatic rings. The van der Waals surface area contributed by atoms with Gasteiger partial charge in [-0.3, -0.25) is 9.69 Å². The van der Waals surface area contributed by atoms with Crippen LogP contribution in [0.1, 0.15) is 25.7 Å². The minimum Gasteiger partial charge on any atom is -0.354 e. The fraction of sp³-hybridized carbons (Fsp3) is 0.917. The molecule has 2 rings (SSSR count). The first kappa shape index (κ1) is 11.9. The number of carbonyl (C=O) groups excluding carboxylic acids is 1. The molecule has 4 nitrogen and oxygen atoms in total. The third kappa shape index (κ3) is 2.95. The Balaban J connectivity index is 1.73. The molecule has 0 aromatic heterocycles. The highest BCUT2D eigenvalue weighted by atomic mass is 16.2. The maximum absolute atomic E-state index is 12.0. The van der Waals surface area contributed by atoms with E-state index in [9.17, 15) is 4.79 Å². The lowest BCUT2D eigenvalue weighted by Crippen LogP contribution is -2.56. The molecule has 4 heteroatoms. The Hall–Kier alpha value is -0.610. The first-order valence-corrected chi connectivity index (χ1v) is 6.46. The number of amides is 1. The Morgan fingerprint density at radius 1 is 1.44 bits per heavy atom. The SMILES string of the molecule is CN1CCNCC1C(=O)NCC1CCCC1. The number of hydrogen-bond acceptors (Lipinski definition) is 3. The average molecular weight is 225 g/mol. The number of rotatable bonds is 3. The van der Waals surface area contributed by atoms with Crippen molar-refractivity contribution in [2.24, 2.45) is 5.92 Å². The van der Waals surface area contributed by atoms with Crippen LogP contribution in [-0.4, -0.2) is 50.1 Å². The molecule has 2 aliphatic rings. The van der Waals surface area contributed by atoms with Gasteiger partial charge >= 0.3 is 0 Å². The maximum atomic E-state index is 12.0. The summed E-state index contributed by atoms with van der Waals surface area (Å²) in [5, 5.41) is 6.38. The molecule has 92 valence electrons. The quantitative estimate of drug-likeness (QED) is 0.721. The van der Waals surface area contributed by atoms with Crippen LogP contribution in [0.2, 0.25) is 0 Å². The number of nitrogens with one attached hydrogen (secondary N) is 2. The van der Waals surface area contributed by atoms with E-state index in [2.05, 4.69) is 15.5 Å². The Kier molecular flexibility index (Phi) is 4.18. The number of nitrogens with zero attached hydrogens (tertiary/aromatic N) is 1. The van der Waals surface area contributed by atoms with E-state index >= 15 is 0 Å². The Morgan fingerprint density at radius 2 is 2.19 bits per heavy atom. The summed E-state index contributed by atoms with van der Waals surface area (Å²) >= 11 is 0. The summed E-state index contributed by atoms with van der Waals surface area (Å²) < 4.78 is 0. The highest BCUT2D eigenvalue weighted by molar-refractivity contribution is 5.82. The van der Waals surface area contributed by atoms with Gasteiger partial charge in [0.1, 0.15) is 6.04 Å². The smallest absolute Gasteiger partial charge is 0.238 e. The van der Waals surface area contributed by atoms with Crippen molar-refractivity contribution < 1.29 is 4.79 Å². The van der Waals surface area contributed by atoms with E-state index in [1.54, 1.807) is 0 Å². The van der Waals surface area contributed by atoms with Crippen molar-refractivity contribution >= 4 is 5.91 Å². The minimum absolute atomic E-state index is 0.0233. The van der Waals surface area contributed by atoms with Gasteiger partial charge < -0.3 is 10.6 Å². The van der Waals surface area contributed by atoms with Crippen LogP contribution >= 0.6 is 0 Å². The lowest BCUT2D eigenvalue weighted by Gasteiger charge is -2.32. The third-order valence-electron chi connectivity index (χ3n) is 3.85. The highest BCUT2D eigenvalue weighted by Gasteiger charge is 2.26. The summed E-state index contributed by atoms with van der Waals surface area (Å²) in [5.41, 5.74) is 0. The molecule has 1 saturated heterocycles. The van der Waals surface area contributed by atoms with Crippen molar-refractivity contribution in [2.45, 2.75) is 31.7 Å². The van der Waals surface area contributed by atoms with Gasteiger partial charge in [-0.05, 0) is 25.8 Å². The Labute approximate surface area is 97.8 Å². The van der Waals surface area contributed by atoms with E-state index in [0.29, 0.717) is 0 Å². The number of hydrogen-bond donors (Lipinski definition) is 2. The van der Waals surface area contributed by atoms with Gasteiger partial charge in [0.2, 0.25) is 5.91 Å². The first-order valence-electron chi connectivity index (χ1n) is 6.46. The van der Waals surface area contributed by atoms with E-state index in [-0.39, 0.29) is 11.9 Å². The predicted molar refractivity (Wildman–Crippen MR) is 64.3 cm³/mol. The van der Waals surface area contributed by atoms with Crippen LogP contribution in [0.5, 0.6) is 0 Å². The van der Waals surface area contributed by atoms with Crippen molar-refractivity contribution in [3.05, 3.63) is 0 Å². The highest BCUT2D eigenvalue weighted by Crippen LogP contribution is 2.23. The van der Waals surface area contributed by atoms with Gasteiger partial charge in [-0.1, -0.05) is 12.8 Å². The van der Waals surface area contributed by atoms with Crippen molar-refractivity contribution in [3.8, 4) is 0 Å². The molecule has 2 fully saturated rings. The molecule has 0 aromatic carbocycles. The van der Waals surface area contributed by atoms with Gasteiger partial charge in [-0.2, -0.15) is 0 Å². The van der Waals surface area contributed by atoms with Gasteiger partial charge in [0.15, 0.2) is 0 Å². The summed E-state index contributed by atoms with van der Waals surface area (Å²) in [6.45, 7) is 3.61. The Bertz CT molecular complexity index is 238. The largest absolute Gasteiger partial charge is 0.354 e. The molecule has 1 atom stereocenters. The fourth-order valence-corrected chi connectivity index (χ4v) is 2.68. The van der Waals surface area contributed by atoms with Crippen LogP contribution in [0.25, 0.3) is 0 Å². The molecule has 16 heavy (non-hydrogen) atoms. The topological polar surface area (TPSA) is 44.4 Å². The van der Waals surface area contributed by atoms with E-state index in [1.165, 1.54) is 25.7 Å². The standard InChI is InChI=1S/C12H23N3O/c1-15-7-6-13-9-11(15)12(16)14-8-10-4-2-3-5-10/h10-11,13H,2-9H2,1H3,(H,14,16). The second-order valence-corrected chi connectivity index (χ2v) is 5.10. The summed E-state index contributed by atoms with van der Waals surface area (Å²) in [4.78, 5) is 14.1. The van der Waals surface area contributed by atoms with E-state index < -0.39 is 0 Å². The van der Waals surface area contributed by atoms with Gasteiger partial charge in [0, 0.05) is 26.2 Å². The van der Waals surface area contributed by atoms with Gasteiger partial charge in [0.05, 0.1) is 0 Å². The third-order valence-corrected chi connectivity index (χ3v) is 3.85. The monoisotopic (exact) mass is 225 g/mol. The Morgan fingerprint density at radius 3 is 2.88 bits per heavy atom.